The molecule has 0 aliphatic rings. The predicted octanol–water partition coefficient (Wildman–Crippen LogP) is 3.75. The van der Waals surface area contributed by atoms with Gasteiger partial charge < -0.3 is 24.8 Å². The van der Waals surface area contributed by atoms with Gasteiger partial charge in [-0.2, -0.15) is 0 Å². The number of hydrogen-bond acceptors (Lipinski definition) is 5. The molecule has 0 aliphatic carbocycles. The lowest BCUT2D eigenvalue weighted by atomic mass is 10.2. The monoisotopic (exact) mass is 400 g/mol. The second kappa shape index (κ2) is 13.4. The SMILES string of the molecule is CCOCCCCNC(=NC)NCc1ccnc(Oc2ccc(OCC)cc2)c1. The number of aliphatic imine (C=N–C) groups is 1. The van der Waals surface area contributed by atoms with E-state index in [1.165, 1.54) is 0 Å². The van der Waals surface area contributed by atoms with E-state index in [2.05, 4.69) is 20.6 Å². The number of rotatable bonds is 12. The summed E-state index contributed by atoms with van der Waals surface area (Å²) < 4.78 is 16.6. The van der Waals surface area contributed by atoms with Crippen LogP contribution < -0.4 is 20.1 Å². The van der Waals surface area contributed by atoms with Gasteiger partial charge in [-0.25, -0.2) is 4.98 Å². The summed E-state index contributed by atoms with van der Waals surface area (Å²) in [5.74, 6) is 2.86. The van der Waals surface area contributed by atoms with Gasteiger partial charge in [0, 0.05) is 45.6 Å². The third-order valence-corrected chi connectivity index (χ3v) is 4.05. The first-order valence-electron chi connectivity index (χ1n) is 10.1. The van der Waals surface area contributed by atoms with Crippen LogP contribution in [-0.2, 0) is 11.3 Å². The summed E-state index contributed by atoms with van der Waals surface area (Å²) in [7, 11) is 1.77. The second-order valence-corrected chi connectivity index (χ2v) is 6.27. The molecule has 0 saturated carbocycles. The predicted molar refractivity (Wildman–Crippen MR) is 116 cm³/mol. The molecule has 158 valence electrons. The van der Waals surface area contributed by atoms with Crippen molar-refractivity contribution in [1.29, 1.82) is 0 Å². The van der Waals surface area contributed by atoms with Gasteiger partial charge in [0.2, 0.25) is 5.88 Å². The summed E-state index contributed by atoms with van der Waals surface area (Å²) in [6.45, 7) is 7.67. The molecule has 29 heavy (non-hydrogen) atoms. The Hall–Kier alpha value is -2.80. The Morgan fingerprint density at radius 2 is 1.79 bits per heavy atom. The fraction of sp³-hybridized carbons (Fsp3) is 0.455. The van der Waals surface area contributed by atoms with Crippen molar-refractivity contribution in [2.24, 2.45) is 4.99 Å². The van der Waals surface area contributed by atoms with Gasteiger partial charge in [-0.3, -0.25) is 4.99 Å². The highest BCUT2D eigenvalue weighted by Gasteiger charge is 2.03. The molecular formula is C22H32N4O3. The van der Waals surface area contributed by atoms with Gasteiger partial charge in [-0.05, 0) is 62.6 Å². The molecule has 0 radical (unpaired) electrons. The van der Waals surface area contributed by atoms with Crippen molar-refractivity contribution in [3.8, 4) is 17.4 Å². The van der Waals surface area contributed by atoms with Gasteiger partial charge in [0.05, 0.1) is 6.61 Å². The van der Waals surface area contributed by atoms with E-state index in [0.717, 1.165) is 55.6 Å². The molecule has 2 rings (SSSR count). The van der Waals surface area contributed by atoms with E-state index in [9.17, 15) is 0 Å². The van der Waals surface area contributed by atoms with Crippen LogP contribution in [0.1, 0.15) is 32.3 Å². The third-order valence-electron chi connectivity index (χ3n) is 4.05. The number of benzene rings is 1. The highest BCUT2D eigenvalue weighted by atomic mass is 16.5. The maximum Gasteiger partial charge on any atom is 0.219 e. The Balaban J connectivity index is 1.79. The van der Waals surface area contributed by atoms with E-state index in [1.807, 2.05) is 50.2 Å². The van der Waals surface area contributed by atoms with Crippen molar-refractivity contribution in [3.05, 3.63) is 48.2 Å². The number of guanidine groups is 1. The maximum atomic E-state index is 5.84. The average Bonchev–Trinajstić information content (AvgIpc) is 2.74. The largest absolute Gasteiger partial charge is 0.494 e. The Bertz CT molecular complexity index is 735. The lowest BCUT2D eigenvalue weighted by Gasteiger charge is -2.12. The normalized spacial score (nSPS) is 11.2. The summed E-state index contributed by atoms with van der Waals surface area (Å²) in [6.07, 6.45) is 3.81. The summed E-state index contributed by atoms with van der Waals surface area (Å²) in [5, 5.41) is 6.62. The molecular weight excluding hydrogens is 368 g/mol. The van der Waals surface area contributed by atoms with Crippen molar-refractivity contribution >= 4 is 5.96 Å². The van der Waals surface area contributed by atoms with Gasteiger partial charge >= 0.3 is 0 Å². The third kappa shape index (κ3) is 8.83. The molecule has 2 N–H and O–H groups in total. The van der Waals surface area contributed by atoms with Crippen LogP contribution in [0.3, 0.4) is 0 Å². The fourth-order valence-electron chi connectivity index (χ4n) is 2.59. The van der Waals surface area contributed by atoms with Crippen molar-refractivity contribution in [2.45, 2.75) is 33.2 Å². The van der Waals surface area contributed by atoms with Crippen LogP contribution in [0.2, 0.25) is 0 Å². The highest BCUT2D eigenvalue weighted by molar-refractivity contribution is 5.79. The molecule has 7 nitrogen and oxygen atoms in total. The molecule has 1 aromatic carbocycles. The number of hydrogen-bond donors (Lipinski definition) is 2. The number of ether oxygens (including phenoxy) is 3. The molecule has 0 bridgehead atoms. The second-order valence-electron chi connectivity index (χ2n) is 6.27. The standard InChI is InChI=1S/C22H32N4O3/c1-4-27-15-7-6-13-25-22(23-3)26-17-18-12-14-24-21(16-18)29-20-10-8-19(9-11-20)28-5-2/h8-12,14,16H,4-7,13,15,17H2,1-3H3,(H2,23,25,26). The maximum absolute atomic E-state index is 5.84. The molecule has 0 atom stereocenters. The lowest BCUT2D eigenvalue weighted by Crippen LogP contribution is -2.37. The van der Waals surface area contributed by atoms with E-state index in [0.29, 0.717) is 19.0 Å². The number of nitrogens with one attached hydrogen (secondary N) is 2. The molecule has 1 heterocycles. The molecule has 0 saturated heterocycles. The minimum absolute atomic E-state index is 0.548. The van der Waals surface area contributed by atoms with Crippen LogP contribution in [0.15, 0.2) is 47.6 Å². The topological polar surface area (TPSA) is 77.0 Å². The molecule has 7 heteroatoms. The number of nitrogens with zero attached hydrogens (tertiary/aromatic N) is 2. The number of unbranched alkanes of at least 4 members (excludes halogenated alkanes) is 1. The zero-order valence-electron chi connectivity index (χ0n) is 17.6. The first kappa shape index (κ1) is 22.5. The molecule has 0 amide bonds. The Labute approximate surface area is 173 Å². The van der Waals surface area contributed by atoms with Crippen LogP contribution in [-0.4, -0.2) is 44.4 Å². The van der Waals surface area contributed by atoms with E-state index in [-0.39, 0.29) is 0 Å². The molecule has 1 aromatic heterocycles. The van der Waals surface area contributed by atoms with Gasteiger partial charge in [0.25, 0.3) is 0 Å². The van der Waals surface area contributed by atoms with Crippen LogP contribution in [0, 0.1) is 0 Å². The zero-order valence-corrected chi connectivity index (χ0v) is 17.6. The van der Waals surface area contributed by atoms with Gasteiger partial charge in [0.15, 0.2) is 5.96 Å². The summed E-state index contributed by atoms with van der Waals surface area (Å²) in [6, 6.07) is 11.4. The zero-order chi connectivity index (χ0) is 20.7. The average molecular weight is 401 g/mol. The van der Waals surface area contributed by atoms with Crippen LogP contribution in [0.25, 0.3) is 0 Å². The quantitative estimate of drug-likeness (QED) is 0.321. The number of aromatic nitrogens is 1. The summed E-state index contributed by atoms with van der Waals surface area (Å²) in [5.41, 5.74) is 1.06. The minimum atomic E-state index is 0.548. The van der Waals surface area contributed by atoms with E-state index >= 15 is 0 Å². The molecule has 0 spiro atoms. The molecule has 0 fully saturated rings. The van der Waals surface area contributed by atoms with Crippen LogP contribution in [0.4, 0.5) is 0 Å². The lowest BCUT2D eigenvalue weighted by molar-refractivity contribution is 0.143. The molecule has 0 aliphatic heterocycles. The summed E-state index contributed by atoms with van der Waals surface area (Å²) in [4.78, 5) is 8.54. The number of pyridine rings is 1. The van der Waals surface area contributed by atoms with E-state index < -0.39 is 0 Å². The fourth-order valence-corrected chi connectivity index (χ4v) is 2.59. The Morgan fingerprint density at radius 1 is 1.00 bits per heavy atom. The minimum Gasteiger partial charge on any atom is -0.494 e. The summed E-state index contributed by atoms with van der Waals surface area (Å²) >= 11 is 0. The van der Waals surface area contributed by atoms with Gasteiger partial charge in [0.1, 0.15) is 11.5 Å². The van der Waals surface area contributed by atoms with Gasteiger partial charge in [-0.1, -0.05) is 0 Å². The highest BCUT2D eigenvalue weighted by Crippen LogP contribution is 2.23. The van der Waals surface area contributed by atoms with Crippen molar-refractivity contribution < 1.29 is 14.2 Å². The van der Waals surface area contributed by atoms with E-state index in [4.69, 9.17) is 14.2 Å². The van der Waals surface area contributed by atoms with Crippen LogP contribution in [0.5, 0.6) is 17.4 Å². The van der Waals surface area contributed by atoms with Crippen molar-refractivity contribution in [1.82, 2.24) is 15.6 Å². The smallest absolute Gasteiger partial charge is 0.219 e. The Kier molecular flexibility index (Phi) is 10.4. The molecule has 2 aromatic rings. The van der Waals surface area contributed by atoms with E-state index in [1.54, 1.807) is 13.2 Å². The first-order chi connectivity index (χ1) is 14.2. The van der Waals surface area contributed by atoms with Gasteiger partial charge in [-0.15, -0.1) is 0 Å². The van der Waals surface area contributed by atoms with Crippen LogP contribution >= 0.6 is 0 Å². The first-order valence-corrected chi connectivity index (χ1v) is 10.1. The Morgan fingerprint density at radius 3 is 2.52 bits per heavy atom. The van der Waals surface area contributed by atoms with Crippen molar-refractivity contribution in [3.63, 3.8) is 0 Å². The molecule has 0 unspecified atom stereocenters. The van der Waals surface area contributed by atoms with Crippen molar-refractivity contribution in [2.75, 3.05) is 33.4 Å².